The van der Waals surface area contributed by atoms with Gasteiger partial charge in [0.25, 0.3) is 0 Å². The Hall–Kier alpha value is -2.80. The molecule has 1 aromatic carbocycles. The van der Waals surface area contributed by atoms with Crippen LogP contribution < -0.4 is 14.8 Å². The van der Waals surface area contributed by atoms with Crippen LogP contribution in [-0.2, 0) is 9.53 Å². The summed E-state index contributed by atoms with van der Waals surface area (Å²) in [5.74, 6) is -0.207. The van der Waals surface area contributed by atoms with Crippen molar-refractivity contribution in [1.82, 2.24) is 0 Å². The van der Waals surface area contributed by atoms with E-state index in [0.717, 1.165) is 4.88 Å². The van der Waals surface area contributed by atoms with E-state index in [1.54, 1.807) is 6.08 Å². The number of rotatable bonds is 6. The first kappa shape index (κ1) is 17.6. The maximum atomic E-state index is 12.1. The summed E-state index contributed by atoms with van der Waals surface area (Å²) in [7, 11) is 4.19. The maximum absolute atomic E-state index is 12.1. The standard InChI is InChI=1S/C17H17NO5S/c1-21-14-9-12(17(20)23-3)13(10-15(14)22-2)18-16(19)7-6-11-5-4-8-24-11/h4-10H,1-3H3,(H,18,19)/b7-6+. The number of nitrogens with one attached hydrogen (secondary N) is 1. The van der Waals surface area contributed by atoms with Gasteiger partial charge in [-0.25, -0.2) is 4.79 Å². The van der Waals surface area contributed by atoms with Gasteiger partial charge in [-0.15, -0.1) is 11.3 Å². The molecule has 1 heterocycles. The highest BCUT2D eigenvalue weighted by Gasteiger charge is 2.18. The topological polar surface area (TPSA) is 73.9 Å². The average Bonchev–Trinajstić information content (AvgIpc) is 3.12. The molecule has 0 saturated carbocycles. The number of ether oxygens (including phenoxy) is 3. The van der Waals surface area contributed by atoms with Gasteiger partial charge in [0.2, 0.25) is 5.91 Å². The number of amides is 1. The van der Waals surface area contributed by atoms with Crippen molar-refractivity contribution in [2.75, 3.05) is 26.6 Å². The van der Waals surface area contributed by atoms with Gasteiger partial charge in [-0.1, -0.05) is 6.07 Å². The molecule has 1 aromatic heterocycles. The highest BCUT2D eigenvalue weighted by molar-refractivity contribution is 7.10. The van der Waals surface area contributed by atoms with E-state index in [9.17, 15) is 9.59 Å². The molecule has 0 saturated heterocycles. The number of esters is 1. The monoisotopic (exact) mass is 347 g/mol. The van der Waals surface area contributed by atoms with Gasteiger partial charge in [-0.05, 0) is 17.5 Å². The lowest BCUT2D eigenvalue weighted by atomic mass is 10.1. The Labute approximate surface area is 143 Å². The zero-order valence-corrected chi connectivity index (χ0v) is 14.3. The van der Waals surface area contributed by atoms with Crippen LogP contribution in [0.25, 0.3) is 6.08 Å². The van der Waals surface area contributed by atoms with Crippen LogP contribution in [0.4, 0.5) is 5.69 Å². The van der Waals surface area contributed by atoms with Crippen LogP contribution in [0.5, 0.6) is 11.5 Å². The fourth-order valence-corrected chi connectivity index (χ4v) is 2.60. The van der Waals surface area contributed by atoms with Crippen LogP contribution in [0.15, 0.2) is 35.7 Å². The zero-order valence-electron chi connectivity index (χ0n) is 13.5. The molecule has 0 unspecified atom stereocenters. The van der Waals surface area contributed by atoms with Gasteiger partial charge in [0.05, 0.1) is 32.6 Å². The molecule has 0 radical (unpaired) electrons. The number of anilines is 1. The van der Waals surface area contributed by atoms with Gasteiger partial charge in [-0.3, -0.25) is 4.79 Å². The first-order valence-electron chi connectivity index (χ1n) is 6.96. The molecule has 7 heteroatoms. The van der Waals surface area contributed by atoms with Gasteiger partial charge < -0.3 is 19.5 Å². The molecule has 0 atom stereocenters. The third-order valence-corrected chi connectivity index (χ3v) is 3.97. The van der Waals surface area contributed by atoms with E-state index in [1.165, 1.54) is 50.9 Å². The van der Waals surface area contributed by atoms with Crippen molar-refractivity contribution >= 4 is 35.0 Å². The Bertz CT molecular complexity index is 753. The van der Waals surface area contributed by atoms with Gasteiger partial charge in [0.15, 0.2) is 11.5 Å². The Morgan fingerprint density at radius 3 is 2.42 bits per heavy atom. The lowest BCUT2D eigenvalue weighted by Gasteiger charge is -2.14. The summed E-state index contributed by atoms with van der Waals surface area (Å²) in [5.41, 5.74) is 0.452. The second-order valence-corrected chi connectivity index (χ2v) is 5.56. The van der Waals surface area contributed by atoms with E-state index < -0.39 is 5.97 Å². The number of carbonyl (C=O) groups is 2. The molecule has 0 aliphatic rings. The highest BCUT2D eigenvalue weighted by Crippen LogP contribution is 2.33. The Kier molecular flexibility index (Phi) is 5.97. The molecule has 126 valence electrons. The number of thiophene rings is 1. The Morgan fingerprint density at radius 1 is 1.12 bits per heavy atom. The second kappa shape index (κ2) is 8.16. The average molecular weight is 347 g/mol. The van der Waals surface area contributed by atoms with Gasteiger partial charge in [-0.2, -0.15) is 0 Å². The van der Waals surface area contributed by atoms with Crippen molar-refractivity contribution in [1.29, 1.82) is 0 Å². The summed E-state index contributed by atoms with van der Waals surface area (Å²) < 4.78 is 15.1. The Morgan fingerprint density at radius 2 is 1.83 bits per heavy atom. The summed E-state index contributed by atoms with van der Waals surface area (Å²) in [5, 5.41) is 4.57. The van der Waals surface area contributed by atoms with E-state index >= 15 is 0 Å². The predicted molar refractivity (Wildman–Crippen MR) is 92.9 cm³/mol. The normalized spacial score (nSPS) is 10.5. The van der Waals surface area contributed by atoms with Crippen molar-refractivity contribution in [2.24, 2.45) is 0 Å². The van der Waals surface area contributed by atoms with Gasteiger partial charge in [0.1, 0.15) is 0 Å². The van der Waals surface area contributed by atoms with Crippen molar-refractivity contribution < 1.29 is 23.8 Å². The third kappa shape index (κ3) is 4.14. The molecule has 0 spiro atoms. The summed E-state index contributed by atoms with van der Waals surface area (Å²) in [6.45, 7) is 0. The molecule has 0 bridgehead atoms. The van der Waals surface area contributed by atoms with Crippen LogP contribution >= 0.6 is 11.3 Å². The molecule has 6 nitrogen and oxygen atoms in total. The smallest absolute Gasteiger partial charge is 0.340 e. The molecule has 24 heavy (non-hydrogen) atoms. The predicted octanol–water partition coefficient (Wildman–Crippen LogP) is 3.20. The summed E-state index contributed by atoms with van der Waals surface area (Å²) >= 11 is 1.52. The third-order valence-electron chi connectivity index (χ3n) is 3.13. The molecule has 0 fully saturated rings. The van der Waals surface area contributed by atoms with Crippen molar-refractivity contribution in [3.05, 3.63) is 46.2 Å². The highest BCUT2D eigenvalue weighted by atomic mass is 32.1. The molecule has 2 aromatic rings. The lowest BCUT2D eigenvalue weighted by Crippen LogP contribution is -2.13. The molecule has 1 amide bonds. The van der Waals surface area contributed by atoms with E-state index in [0.29, 0.717) is 11.5 Å². The molecule has 2 rings (SSSR count). The molecule has 1 N–H and O–H groups in total. The lowest BCUT2D eigenvalue weighted by molar-refractivity contribution is -0.111. The molecule has 0 aliphatic carbocycles. The van der Waals surface area contributed by atoms with Crippen LogP contribution in [0, 0.1) is 0 Å². The first-order chi connectivity index (χ1) is 11.6. The van der Waals surface area contributed by atoms with Crippen molar-refractivity contribution in [3.8, 4) is 11.5 Å². The van der Waals surface area contributed by atoms with Crippen LogP contribution in [0.2, 0.25) is 0 Å². The second-order valence-electron chi connectivity index (χ2n) is 4.58. The minimum Gasteiger partial charge on any atom is -0.493 e. The largest absolute Gasteiger partial charge is 0.493 e. The van der Waals surface area contributed by atoms with Crippen molar-refractivity contribution in [2.45, 2.75) is 0 Å². The van der Waals surface area contributed by atoms with Crippen molar-refractivity contribution in [3.63, 3.8) is 0 Å². The minimum atomic E-state index is -0.589. The Balaban J connectivity index is 2.29. The summed E-state index contributed by atoms with van der Waals surface area (Å²) in [4.78, 5) is 25.0. The van der Waals surface area contributed by atoms with Gasteiger partial charge >= 0.3 is 5.97 Å². The summed E-state index contributed by atoms with van der Waals surface area (Å²) in [6.07, 6.45) is 3.09. The maximum Gasteiger partial charge on any atom is 0.340 e. The molecular formula is C17H17NO5S. The van der Waals surface area contributed by atoms with Crippen LogP contribution in [0.1, 0.15) is 15.2 Å². The zero-order chi connectivity index (χ0) is 17.5. The van der Waals surface area contributed by atoms with E-state index in [4.69, 9.17) is 14.2 Å². The fourth-order valence-electron chi connectivity index (χ4n) is 1.98. The number of hydrogen-bond acceptors (Lipinski definition) is 6. The van der Waals surface area contributed by atoms with Gasteiger partial charge in [0, 0.05) is 23.1 Å². The molecule has 0 aliphatic heterocycles. The van der Waals surface area contributed by atoms with E-state index in [-0.39, 0.29) is 17.2 Å². The number of carbonyl (C=O) groups excluding carboxylic acids is 2. The summed E-state index contributed by atoms with van der Waals surface area (Å²) in [6, 6.07) is 6.77. The fraction of sp³-hybridized carbons (Fsp3) is 0.176. The van der Waals surface area contributed by atoms with E-state index in [2.05, 4.69) is 5.32 Å². The minimum absolute atomic E-state index is 0.174. The van der Waals surface area contributed by atoms with E-state index in [1.807, 2.05) is 17.5 Å². The SMILES string of the molecule is COC(=O)c1cc(OC)c(OC)cc1NC(=O)/C=C/c1cccs1. The molecular weight excluding hydrogens is 330 g/mol. The van der Waals surface area contributed by atoms with Crippen LogP contribution in [-0.4, -0.2) is 33.2 Å². The number of methoxy groups -OCH3 is 3. The quantitative estimate of drug-likeness (QED) is 0.642. The first-order valence-corrected chi connectivity index (χ1v) is 7.84. The number of hydrogen-bond donors (Lipinski definition) is 1. The van der Waals surface area contributed by atoms with Crippen LogP contribution in [0.3, 0.4) is 0 Å². The number of benzene rings is 1.